The van der Waals surface area contributed by atoms with Crippen LogP contribution in [0.3, 0.4) is 0 Å². The van der Waals surface area contributed by atoms with E-state index in [1.807, 2.05) is 0 Å². The molecule has 1 atom stereocenters. The third kappa shape index (κ3) is 60.3. The summed E-state index contributed by atoms with van der Waals surface area (Å²) >= 11 is 0. The van der Waals surface area contributed by atoms with Crippen LogP contribution in [0.4, 0.5) is 0 Å². The molecule has 0 aliphatic rings. The molecule has 6 heteroatoms. The number of allylic oxidation sites excluding steroid dienone is 22. The van der Waals surface area contributed by atoms with E-state index < -0.39 is 6.10 Å². The van der Waals surface area contributed by atoms with Crippen LogP contribution in [0.25, 0.3) is 0 Å². The Balaban J connectivity index is 4.46. The maximum atomic E-state index is 12.9. The highest BCUT2D eigenvalue weighted by Gasteiger charge is 2.19. The predicted molar refractivity (Wildman–Crippen MR) is 325 cm³/mol. The molecule has 0 rings (SSSR count). The highest BCUT2D eigenvalue weighted by molar-refractivity contribution is 5.71. The molecule has 75 heavy (non-hydrogen) atoms. The van der Waals surface area contributed by atoms with Gasteiger partial charge in [-0.3, -0.25) is 14.4 Å². The van der Waals surface area contributed by atoms with Crippen molar-refractivity contribution in [2.24, 2.45) is 0 Å². The summed E-state index contributed by atoms with van der Waals surface area (Å²) < 4.78 is 16.9. The Morgan fingerprint density at radius 3 is 0.827 bits per heavy atom. The summed E-state index contributed by atoms with van der Waals surface area (Å²) in [4.78, 5) is 38.3. The third-order valence-electron chi connectivity index (χ3n) is 12.6. The fraction of sp³-hybridized carbons (Fsp3) is 0.638. The second kappa shape index (κ2) is 62.1. The summed E-state index contributed by atoms with van der Waals surface area (Å²) in [7, 11) is 0. The minimum Gasteiger partial charge on any atom is -0.462 e. The van der Waals surface area contributed by atoms with Crippen molar-refractivity contribution in [1.82, 2.24) is 0 Å². The zero-order chi connectivity index (χ0) is 54.3. The molecule has 0 saturated carbocycles. The molecule has 0 aliphatic heterocycles. The normalized spacial score (nSPS) is 13.1. The standard InChI is InChI=1S/C69H112O6/c1-4-7-10-13-16-19-22-25-28-30-32-33-34-35-37-38-41-44-47-50-53-56-59-62-68(71)74-65-66(64-73-67(70)61-58-55-52-49-46-43-40-27-24-21-18-15-12-9-6-3)75-69(72)63-60-57-54-51-48-45-42-39-36-31-29-26-23-20-17-14-11-8-5-2/h7-8,10-11,16-21,25-29,32-33,36,39-40,45,48,66H,4-6,9,12-15,22-24,30-31,34-35,37-38,41-44,46-47,49-65H2,1-3H3/b10-7-,11-8-,19-16-,20-17-,21-18-,28-25-,29-26-,33-32-,39-36-,40-27-,48-45-. The second-order valence-electron chi connectivity index (χ2n) is 19.8. The maximum Gasteiger partial charge on any atom is 0.306 e. The van der Waals surface area contributed by atoms with E-state index in [1.54, 1.807) is 0 Å². The van der Waals surface area contributed by atoms with E-state index in [9.17, 15) is 14.4 Å². The zero-order valence-corrected chi connectivity index (χ0v) is 48.5. The Hall–Kier alpha value is -4.45. The smallest absolute Gasteiger partial charge is 0.306 e. The highest BCUT2D eigenvalue weighted by Crippen LogP contribution is 2.14. The first kappa shape index (κ1) is 70.5. The van der Waals surface area contributed by atoms with Crippen molar-refractivity contribution in [1.29, 1.82) is 0 Å². The first-order valence-electron chi connectivity index (χ1n) is 30.7. The summed E-state index contributed by atoms with van der Waals surface area (Å²) in [6, 6.07) is 0. The fourth-order valence-corrected chi connectivity index (χ4v) is 8.08. The van der Waals surface area contributed by atoms with Gasteiger partial charge in [-0.05, 0) is 135 Å². The molecule has 0 saturated heterocycles. The Morgan fingerprint density at radius 2 is 0.520 bits per heavy atom. The molecule has 0 aromatic heterocycles. The molecule has 1 unspecified atom stereocenters. The number of hydrogen-bond acceptors (Lipinski definition) is 6. The maximum absolute atomic E-state index is 12.9. The van der Waals surface area contributed by atoms with Crippen LogP contribution in [-0.4, -0.2) is 37.2 Å². The average molecular weight is 1040 g/mol. The van der Waals surface area contributed by atoms with Crippen LogP contribution in [0.15, 0.2) is 134 Å². The second-order valence-corrected chi connectivity index (χ2v) is 19.8. The minimum absolute atomic E-state index is 0.102. The van der Waals surface area contributed by atoms with Crippen LogP contribution in [0.5, 0.6) is 0 Å². The lowest BCUT2D eigenvalue weighted by atomic mass is 10.1. The van der Waals surface area contributed by atoms with Crippen LogP contribution in [0.2, 0.25) is 0 Å². The molecular weight excluding hydrogens is 925 g/mol. The number of unbranched alkanes of at least 4 members (excludes halogenated alkanes) is 21. The average Bonchev–Trinajstić information content (AvgIpc) is 3.41. The Labute approximate surface area is 462 Å². The van der Waals surface area contributed by atoms with E-state index in [-0.39, 0.29) is 37.5 Å². The zero-order valence-electron chi connectivity index (χ0n) is 48.5. The summed E-state index contributed by atoms with van der Waals surface area (Å²) in [6.07, 6.45) is 87.3. The summed E-state index contributed by atoms with van der Waals surface area (Å²) in [5, 5.41) is 0. The lowest BCUT2D eigenvalue weighted by Gasteiger charge is -2.18. The van der Waals surface area contributed by atoms with Crippen molar-refractivity contribution in [3.05, 3.63) is 134 Å². The van der Waals surface area contributed by atoms with Crippen LogP contribution < -0.4 is 0 Å². The third-order valence-corrected chi connectivity index (χ3v) is 12.6. The number of carbonyl (C=O) groups is 3. The molecule has 0 bridgehead atoms. The van der Waals surface area contributed by atoms with Crippen molar-refractivity contribution in [2.75, 3.05) is 13.2 Å². The van der Waals surface area contributed by atoms with Gasteiger partial charge in [-0.2, -0.15) is 0 Å². The van der Waals surface area contributed by atoms with Crippen molar-refractivity contribution < 1.29 is 28.6 Å². The van der Waals surface area contributed by atoms with Gasteiger partial charge in [0.2, 0.25) is 0 Å². The topological polar surface area (TPSA) is 78.9 Å². The van der Waals surface area contributed by atoms with Crippen LogP contribution in [0.1, 0.15) is 265 Å². The van der Waals surface area contributed by atoms with Crippen molar-refractivity contribution in [3.63, 3.8) is 0 Å². The SMILES string of the molecule is CC/C=C\C/C=C\C/C=C\C/C=C\C/C=C\CCCCCC(=O)OC(COC(=O)CCCCCCC/C=C\C/C=C\CCCCC)COC(=O)CCCCCCCCCCCC/C=C\C/C=C\C/C=C\C/C=C\CC. The Morgan fingerprint density at radius 1 is 0.280 bits per heavy atom. The van der Waals surface area contributed by atoms with E-state index in [1.165, 1.54) is 77.0 Å². The van der Waals surface area contributed by atoms with Gasteiger partial charge < -0.3 is 14.2 Å². The van der Waals surface area contributed by atoms with E-state index >= 15 is 0 Å². The van der Waals surface area contributed by atoms with E-state index in [4.69, 9.17) is 14.2 Å². The van der Waals surface area contributed by atoms with Gasteiger partial charge in [-0.1, -0.05) is 244 Å². The quantitative estimate of drug-likeness (QED) is 0.0261. The first-order valence-corrected chi connectivity index (χ1v) is 30.7. The van der Waals surface area contributed by atoms with Gasteiger partial charge in [0.15, 0.2) is 6.10 Å². The Bertz CT molecular complexity index is 1620. The summed E-state index contributed by atoms with van der Waals surface area (Å²) in [5.74, 6) is -0.953. The van der Waals surface area contributed by atoms with Gasteiger partial charge in [0.1, 0.15) is 13.2 Å². The molecule has 0 fully saturated rings. The van der Waals surface area contributed by atoms with E-state index in [2.05, 4.69) is 154 Å². The largest absolute Gasteiger partial charge is 0.462 e. The molecule has 424 valence electrons. The summed E-state index contributed by atoms with van der Waals surface area (Å²) in [6.45, 7) is 6.35. The molecule has 0 aromatic rings. The van der Waals surface area contributed by atoms with Crippen molar-refractivity contribution in [2.45, 2.75) is 271 Å². The number of carbonyl (C=O) groups excluding carboxylic acids is 3. The molecule has 0 amide bonds. The number of rotatable bonds is 54. The van der Waals surface area contributed by atoms with Crippen LogP contribution in [-0.2, 0) is 28.6 Å². The molecule has 0 aromatic carbocycles. The van der Waals surface area contributed by atoms with Gasteiger partial charge in [0.25, 0.3) is 0 Å². The van der Waals surface area contributed by atoms with Crippen molar-refractivity contribution in [3.8, 4) is 0 Å². The van der Waals surface area contributed by atoms with Gasteiger partial charge in [0, 0.05) is 19.3 Å². The van der Waals surface area contributed by atoms with Crippen LogP contribution in [0, 0.1) is 0 Å². The summed E-state index contributed by atoms with van der Waals surface area (Å²) in [5.41, 5.74) is 0. The van der Waals surface area contributed by atoms with Gasteiger partial charge in [-0.15, -0.1) is 0 Å². The van der Waals surface area contributed by atoms with Crippen molar-refractivity contribution >= 4 is 17.9 Å². The Kier molecular flexibility index (Phi) is 58.4. The van der Waals surface area contributed by atoms with Crippen LogP contribution >= 0.6 is 0 Å². The molecular formula is C69H112O6. The number of hydrogen-bond donors (Lipinski definition) is 0. The lowest BCUT2D eigenvalue weighted by Crippen LogP contribution is -2.30. The van der Waals surface area contributed by atoms with E-state index in [0.717, 1.165) is 148 Å². The lowest BCUT2D eigenvalue weighted by molar-refractivity contribution is -0.167. The van der Waals surface area contributed by atoms with Gasteiger partial charge in [0.05, 0.1) is 0 Å². The predicted octanol–water partition coefficient (Wildman–Crippen LogP) is 21.0. The molecule has 0 radical (unpaired) electrons. The molecule has 0 N–H and O–H groups in total. The monoisotopic (exact) mass is 1040 g/mol. The molecule has 0 spiro atoms. The van der Waals surface area contributed by atoms with E-state index in [0.29, 0.717) is 12.8 Å². The molecule has 6 nitrogen and oxygen atoms in total. The number of esters is 3. The van der Waals surface area contributed by atoms with Gasteiger partial charge >= 0.3 is 17.9 Å². The molecule has 0 heterocycles. The first-order chi connectivity index (χ1) is 37.0. The van der Waals surface area contributed by atoms with Gasteiger partial charge in [-0.25, -0.2) is 0 Å². The fourth-order valence-electron chi connectivity index (χ4n) is 8.08. The highest BCUT2D eigenvalue weighted by atomic mass is 16.6. The number of ether oxygens (including phenoxy) is 3. The minimum atomic E-state index is -0.809. The molecule has 0 aliphatic carbocycles.